The van der Waals surface area contributed by atoms with Crippen LogP contribution in [0.3, 0.4) is 0 Å². The minimum absolute atomic E-state index is 0.981. The fraction of sp³-hybridized carbons (Fsp3) is 0.417. The number of hydrogen-bond donors (Lipinski definition) is 0. The number of benzene rings is 1. The van der Waals surface area contributed by atoms with Gasteiger partial charge < -0.3 is 4.90 Å². The maximum absolute atomic E-state index is 4.44. The lowest BCUT2D eigenvalue weighted by molar-refractivity contribution is 0.552. The Morgan fingerprint density at radius 1 is 1.36 bits per heavy atom. The first-order valence-corrected chi connectivity index (χ1v) is 4.95. The van der Waals surface area contributed by atoms with Crippen LogP contribution in [0.15, 0.2) is 23.2 Å². The average molecular weight is 190 g/mol. The Hall–Kier alpha value is -1.31. The topological polar surface area (TPSA) is 15.6 Å². The Morgan fingerprint density at radius 2 is 2.07 bits per heavy atom. The SMILES string of the molecule is CCN(C)C=Nc1cc(C)ccc1C. The van der Waals surface area contributed by atoms with Gasteiger partial charge in [-0.25, -0.2) is 4.99 Å². The van der Waals surface area contributed by atoms with E-state index in [-0.39, 0.29) is 0 Å². The highest BCUT2D eigenvalue weighted by Crippen LogP contribution is 2.19. The van der Waals surface area contributed by atoms with Crippen LogP contribution in [0.1, 0.15) is 18.1 Å². The molecule has 2 nitrogen and oxygen atoms in total. The maximum Gasteiger partial charge on any atom is 0.0909 e. The van der Waals surface area contributed by atoms with E-state index in [2.05, 4.69) is 48.9 Å². The third-order valence-electron chi connectivity index (χ3n) is 2.26. The highest BCUT2D eigenvalue weighted by Gasteiger charge is 1.95. The zero-order valence-electron chi connectivity index (χ0n) is 9.41. The Balaban J connectivity index is 2.85. The Bertz CT molecular complexity index is 329. The largest absolute Gasteiger partial charge is 0.366 e. The lowest BCUT2D eigenvalue weighted by atomic mass is 10.1. The van der Waals surface area contributed by atoms with Crippen LogP contribution in [0, 0.1) is 13.8 Å². The van der Waals surface area contributed by atoms with Crippen molar-refractivity contribution in [1.29, 1.82) is 0 Å². The molecule has 1 rings (SSSR count). The summed E-state index contributed by atoms with van der Waals surface area (Å²) in [7, 11) is 2.02. The summed E-state index contributed by atoms with van der Waals surface area (Å²) in [5.41, 5.74) is 3.53. The summed E-state index contributed by atoms with van der Waals surface area (Å²) in [6, 6.07) is 6.32. The molecule has 0 saturated heterocycles. The monoisotopic (exact) mass is 190 g/mol. The van der Waals surface area contributed by atoms with Gasteiger partial charge >= 0.3 is 0 Å². The zero-order valence-corrected chi connectivity index (χ0v) is 9.41. The van der Waals surface area contributed by atoms with Gasteiger partial charge in [0.15, 0.2) is 0 Å². The second-order valence-corrected chi connectivity index (χ2v) is 3.61. The molecule has 0 amide bonds. The van der Waals surface area contributed by atoms with E-state index in [1.807, 2.05) is 13.4 Å². The molecule has 0 heterocycles. The molecule has 0 N–H and O–H groups in total. The predicted octanol–water partition coefficient (Wildman–Crippen LogP) is 2.91. The highest BCUT2D eigenvalue weighted by atomic mass is 15.1. The van der Waals surface area contributed by atoms with E-state index in [0.717, 1.165) is 12.2 Å². The fourth-order valence-corrected chi connectivity index (χ4v) is 1.10. The van der Waals surface area contributed by atoms with Crippen molar-refractivity contribution in [2.24, 2.45) is 4.99 Å². The van der Waals surface area contributed by atoms with Crippen molar-refractivity contribution in [1.82, 2.24) is 4.90 Å². The summed E-state index contributed by atoms with van der Waals surface area (Å²) in [5, 5.41) is 0. The highest BCUT2D eigenvalue weighted by molar-refractivity contribution is 5.63. The molecule has 76 valence electrons. The number of nitrogens with zero attached hydrogens (tertiary/aromatic N) is 2. The van der Waals surface area contributed by atoms with Crippen molar-refractivity contribution in [3.8, 4) is 0 Å². The second kappa shape index (κ2) is 4.80. The quantitative estimate of drug-likeness (QED) is 0.528. The molecule has 1 aromatic carbocycles. The Labute approximate surface area is 86.3 Å². The molecule has 14 heavy (non-hydrogen) atoms. The number of hydrogen-bond acceptors (Lipinski definition) is 1. The van der Waals surface area contributed by atoms with Crippen molar-refractivity contribution < 1.29 is 0 Å². The van der Waals surface area contributed by atoms with Crippen LogP contribution in [0.5, 0.6) is 0 Å². The molecular formula is C12H18N2. The van der Waals surface area contributed by atoms with Gasteiger partial charge in [0.2, 0.25) is 0 Å². The molecule has 0 aliphatic rings. The third kappa shape index (κ3) is 2.87. The molecule has 0 spiro atoms. The van der Waals surface area contributed by atoms with Gasteiger partial charge in [-0.15, -0.1) is 0 Å². The maximum atomic E-state index is 4.44. The summed E-state index contributed by atoms with van der Waals surface area (Å²) in [4.78, 5) is 6.50. The lowest BCUT2D eigenvalue weighted by Gasteiger charge is -2.09. The van der Waals surface area contributed by atoms with Crippen LogP contribution in [0.2, 0.25) is 0 Å². The molecule has 2 heteroatoms. The van der Waals surface area contributed by atoms with Gasteiger partial charge in [-0.05, 0) is 38.0 Å². The van der Waals surface area contributed by atoms with Crippen molar-refractivity contribution in [3.63, 3.8) is 0 Å². The van der Waals surface area contributed by atoms with E-state index >= 15 is 0 Å². The Kier molecular flexibility index (Phi) is 3.69. The first-order valence-electron chi connectivity index (χ1n) is 4.95. The molecule has 0 unspecified atom stereocenters. The van der Waals surface area contributed by atoms with Crippen LogP contribution in [0.25, 0.3) is 0 Å². The minimum Gasteiger partial charge on any atom is -0.366 e. The van der Waals surface area contributed by atoms with Gasteiger partial charge in [0.25, 0.3) is 0 Å². The van der Waals surface area contributed by atoms with E-state index < -0.39 is 0 Å². The fourth-order valence-electron chi connectivity index (χ4n) is 1.10. The first-order chi connectivity index (χ1) is 6.63. The van der Waals surface area contributed by atoms with Gasteiger partial charge in [0.1, 0.15) is 0 Å². The molecule has 0 saturated carbocycles. The van der Waals surface area contributed by atoms with Crippen LogP contribution < -0.4 is 0 Å². The predicted molar refractivity (Wildman–Crippen MR) is 62.4 cm³/mol. The first kappa shape index (κ1) is 10.8. The summed E-state index contributed by atoms with van der Waals surface area (Å²) in [6.45, 7) is 7.25. The molecule has 0 aliphatic heterocycles. The van der Waals surface area contributed by atoms with Gasteiger partial charge in [0, 0.05) is 13.6 Å². The molecule has 0 bridgehead atoms. The van der Waals surface area contributed by atoms with Crippen LogP contribution >= 0.6 is 0 Å². The molecule has 0 radical (unpaired) electrons. The summed E-state index contributed by atoms with van der Waals surface area (Å²) >= 11 is 0. The summed E-state index contributed by atoms with van der Waals surface area (Å²) in [6.07, 6.45) is 1.88. The van der Waals surface area contributed by atoms with E-state index in [1.165, 1.54) is 11.1 Å². The third-order valence-corrected chi connectivity index (χ3v) is 2.26. The lowest BCUT2D eigenvalue weighted by Crippen LogP contribution is -2.14. The van der Waals surface area contributed by atoms with Crippen molar-refractivity contribution in [2.45, 2.75) is 20.8 Å². The molecule has 0 aromatic heterocycles. The van der Waals surface area contributed by atoms with Gasteiger partial charge in [-0.2, -0.15) is 0 Å². The second-order valence-electron chi connectivity index (χ2n) is 3.61. The van der Waals surface area contributed by atoms with Crippen molar-refractivity contribution in [3.05, 3.63) is 29.3 Å². The van der Waals surface area contributed by atoms with Gasteiger partial charge in [0.05, 0.1) is 12.0 Å². The molecular weight excluding hydrogens is 172 g/mol. The molecule has 0 aliphatic carbocycles. The summed E-state index contributed by atoms with van der Waals surface area (Å²) in [5.74, 6) is 0. The summed E-state index contributed by atoms with van der Waals surface area (Å²) < 4.78 is 0. The Morgan fingerprint density at radius 3 is 2.71 bits per heavy atom. The van der Waals surface area contributed by atoms with E-state index in [9.17, 15) is 0 Å². The van der Waals surface area contributed by atoms with Gasteiger partial charge in [-0.1, -0.05) is 12.1 Å². The minimum atomic E-state index is 0.981. The molecule has 1 aromatic rings. The smallest absolute Gasteiger partial charge is 0.0909 e. The number of aryl methyl sites for hydroxylation is 2. The van der Waals surface area contributed by atoms with Crippen molar-refractivity contribution >= 4 is 12.0 Å². The van der Waals surface area contributed by atoms with Gasteiger partial charge in [-0.3, -0.25) is 0 Å². The standard InChI is InChI=1S/C12H18N2/c1-5-14(4)9-13-12-8-10(2)6-7-11(12)3/h6-9H,5H2,1-4H3. The zero-order chi connectivity index (χ0) is 10.6. The van der Waals surface area contributed by atoms with Crippen LogP contribution in [0.4, 0.5) is 5.69 Å². The van der Waals surface area contributed by atoms with E-state index in [1.54, 1.807) is 0 Å². The normalized spacial score (nSPS) is 10.9. The number of aliphatic imine (C=N–C) groups is 1. The molecule has 0 fully saturated rings. The molecule has 0 atom stereocenters. The van der Waals surface area contributed by atoms with Crippen molar-refractivity contribution in [2.75, 3.05) is 13.6 Å². The average Bonchev–Trinajstić information content (AvgIpc) is 2.19. The van der Waals surface area contributed by atoms with Crippen LogP contribution in [-0.4, -0.2) is 24.8 Å². The van der Waals surface area contributed by atoms with E-state index in [0.29, 0.717) is 0 Å². The number of rotatable bonds is 3. The van der Waals surface area contributed by atoms with E-state index in [4.69, 9.17) is 0 Å². The van der Waals surface area contributed by atoms with Crippen LogP contribution in [-0.2, 0) is 0 Å².